The highest BCUT2D eigenvalue weighted by Gasteiger charge is 2.16. The van der Waals surface area contributed by atoms with Crippen LogP contribution in [0.3, 0.4) is 0 Å². The normalized spacial score (nSPS) is 11.0. The van der Waals surface area contributed by atoms with Gasteiger partial charge in [-0.15, -0.1) is 0 Å². The number of halogens is 2. The van der Waals surface area contributed by atoms with Crippen molar-refractivity contribution in [2.24, 2.45) is 0 Å². The van der Waals surface area contributed by atoms with Gasteiger partial charge in [-0.1, -0.05) is 11.6 Å². The van der Waals surface area contributed by atoms with Gasteiger partial charge in [0.2, 0.25) is 10.6 Å². The standard InChI is InChI=1S/C15H15BrClN3O3/c1-15(2,3)23-14(21)18-9-4-6-10(7-5-9)22-12-8-11(17)19-13(16)20-12/h4-8H,1-3H3,(H,18,21). The fourth-order valence-electron chi connectivity index (χ4n) is 1.57. The molecule has 1 aromatic carbocycles. The molecule has 0 radical (unpaired) electrons. The second-order valence-corrected chi connectivity index (χ2v) is 6.65. The van der Waals surface area contributed by atoms with E-state index in [-0.39, 0.29) is 5.15 Å². The van der Waals surface area contributed by atoms with E-state index in [0.717, 1.165) is 0 Å². The zero-order valence-electron chi connectivity index (χ0n) is 12.8. The van der Waals surface area contributed by atoms with Crippen LogP contribution in [0.4, 0.5) is 10.5 Å². The molecule has 2 aromatic rings. The number of ether oxygens (including phenoxy) is 2. The number of nitrogens with one attached hydrogen (secondary N) is 1. The largest absolute Gasteiger partial charge is 0.444 e. The molecule has 0 unspecified atom stereocenters. The van der Waals surface area contributed by atoms with Crippen LogP contribution in [0.15, 0.2) is 35.1 Å². The number of anilines is 1. The molecule has 1 N–H and O–H groups in total. The van der Waals surface area contributed by atoms with Crippen molar-refractivity contribution in [1.29, 1.82) is 0 Å². The van der Waals surface area contributed by atoms with E-state index in [9.17, 15) is 4.79 Å². The molecule has 0 saturated heterocycles. The van der Waals surface area contributed by atoms with Crippen LogP contribution in [0.5, 0.6) is 11.6 Å². The molecule has 122 valence electrons. The van der Waals surface area contributed by atoms with Gasteiger partial charge in [0.05, 0.1) is 0 Å². The summed E-state index contributed by atoms with van der Waals surface area (Å²) in [6.45, 7) is 5.40. The lowest BCUT2D eigenvalue weighted by Gasteiger charge is -2.19. The van der Waals surface area contributed by atoms with Gasteiger partial charge in [-0.05, 0) is 61.0 Å². The molecule has 1 amide bonds. The van der Waals surface area contributed by atoms with Crippen LogP contribution in [0, 0.1) is 0 Å². The number of benzene rings is 1. The maximum atomic E-state index is 11.7. The average Bonchev–Trinajstić information content (AvgIpc) is 2.37. The zero-order chi connectivity index (χ0) is 17.0. The first kappa shape index (κ1) is 17.5. The van der Waals surface area contributed by atoms with Crippen molar-refractivity contribution >= 4 is 39.3 Å². The van der Waals surface area contributed by atoms with Gasteiger partial charge in [0.1, 0.15) is 16.5 Å². The van der Waals surface area contributed by atoms with Gasteiger partial charge in [0, 0.05) is 11.8 Å². The Morgan fingerprint density at radius 3 is 2.43 bits per heavy atom. The summed E-state index contributed by atoms with van der Waals surface area (Å²) >= 11 is 8.97. The van der Waals surface area contributed by atoms with Gasteiger partial charge >= 0.3 is 6.09 Å². The molecule has 8 heteroatoms. The van der Waals surface area contributed by atoms with E-state index < -0.39 is 11.7 Å². The van der Waals surface area contributed by atoms with Gasteiger partial charge in [0.25, 0.3) is 0 Å². The monoisotopic (exact) mass is 399 g/mol. The van der Waals surface area contributed by atoms with Crippen LogP contribution in [0.1, 0.15) is 20.8 Å². The van der Waals surface area contributed by atoms with Crippen LogP contribution >= 0.6 is 27.5 Å². The number of nitrogens with zero attached hydrogens (tertiary/aromatic N) is 2. The lowest BCUT2D eigenvalue weighted by atomic mass is 10.2. The Balaban J connectivity index is 2.00. The molecule has 2 rings (SSSR count). The Hall–Kier alpha value is -1.86. The van der Waals surface area contributed by atoms with Crippen molar-refractivity contribution in [3.05, 3.63) is 40.2 Å². The highest BCUT2D eigenvalue weighted by atomic mass is 79.9. The van der Waals surface area contributed by atoms with Crippen LogP contribution in [0.25, 0.3) is 0 Å². The summed E-state index contributed by atoms with van der Waals surface area (Å²) in [5, 5.41) is 2.91. The van der Waals surface area contributed by atoms with Crippen molar-refractivity contribution in [2.45, 2.75) is 26.4 Å². The molecule has 6 nitrogen and oxygen atoms in total. The van der Waals surface area contributed by atoms with Crippen molar-refractivity contribution in [3.8, 4) is 11.6 Å². The van der Waals surface area contributed by atoms with E-state index in [0.29, 0.717) is 22.1 Å². The number of carbonyl (C=O) groups is 1. The zero-order valence-corrected chi connectivity index (χ0v) is 15.1. The van der Waals surface area contributed by atoms with E-state index in [4.69, 9.17) is 21.1 Å². The maximum Gasteiger partial charge on any atom is 0.412 e. The molecule has 23 heavy (non-hydrogen) atoms. The van der Waals surface area contributed by atoms with Gasteiger partial charge in [-0.25, -0.2) is 9.78 Å². The molecule has 0 aliphatic rings. The van der Waals surface area contributed by atoms with Crippen molar-refractivity contribution in [1.82, 2.24) is 9.97 Å². The third-order valence-electron chi connectivity index (χ3n) is 2.37. The van der Waals surface area contributed by atoms with E-state index >= 15 is 0 Å². The molecule has 0 bridgehead atoms. The number of hydrogen-bond donors (Lipinski definition) is 1. The topological polar surface area (TPSA) is 73.3 Å². The summed E-state index contributed by atoms with van der Waals surface area (Å²) in [7, 11) is 0. The predicted octanol–water partition coefficient (Wildman–Crippen LogP) is 5.03. The molecule has 0 spiro atoms. The number of aromatic nitrogens is 2. The molecule has 0 aliphatic carbocycles. The highest BCUT2D eigenvalue weighted by molar-refractivity contribution is 9.10. The number of carbonyl (C=O) groups excluding carboxylic acids is 1. The Labute approximate surface area is 147 Å². The first-order valence-electron chi connectivity index (χ1n) is 6.69. The lowest BCUT2D eigenvalue weighted by molar-refractivity contribution is 0.0636. The third-order valence-corrected chi connectivity index (χ3v) is 2.91. The summed E-state index contributed by atoms with van der Waals surface area (Å²) in [5.74, 6) is 0.853. The smallest absolute Gasteiger partial charge is 0.412 e. The summed E-state index contributed by atoms with van der Waals surface area (Å²) < 4.78 is 11.1. The average molecular weight is 401 g/mol. The molecular weight excluding hydrogens is 386 g/mol. The fraction of sp³-hybridized carbons (Fsp3) is 0.267. The Bertz CT molecular complexity index is 682. The number of rotatable bonds is 3. The third kappa shape index (κ3) is 6.03. The first-order valence-corrected chi connectivity index (χ1v) is 7.86. The van der Waals surface area contributed by atoms with Gasteiger partial charge in [-0.3, -0.25) is 5.32 Å². The number of amides is 1. The quantitative estimate of drug-likeness (QED) is 0.577. The summed E-state index contributed by atoms with van der Waals surface area (Å²) in [6.07, 6.45) is -0.516. The lowest BCUT2D eigenvalue weighted by Crippen LogP contribution is -2.27. The van der Waals surface area contributed by atoms with Gasteiger partial charge in [-0.2, -0.15) is 4.98 Å². The predicted molar refractivity (Wildman–Crippen MR) is 91.1 cm³/mol. The molecule has 0 saturated carbocycles. The van der Waals surface area contributed by atoms with Crippen LogP contribution in [-0.2, 0) is 4.74 Å². The summed E-state index contributed by atoms with van der Waals surface area (Å²) in [6, 6.07) is 8.26. The SMILES string of the molecule is CC(C)(C)OC(=O)Nc1ccc(Oc2cc(Cl)nc(Br)n2)cc1. The van der Waals surface area contributed by atoms with Gasteiger partial charge < -0.3 is 9.47 Å². The van der Waals surface area contributed by atoms with Gasteiger partial charge in [0.15, 0.2) is 0 Å². The Morgan fingerprint density at radius 1 is 1.22 bits per heavy atom. The summed E-state index contributed by atoms with van der Waals surface area (Å²) in [5.41, 5.74) is 0.0424. The maximum absolute atomic E-state index is 11.7. The van der Waals surface area contributed by atoms with Crippen LogP contribution in [-0.4, -0.2) is 21.7 Å². The second kappa shape index (κ2) is 7.14. The number of hydrogen-bond acceptors (Lipinski definition) is 5. The van der Waals surface area contributed by atoms with Crippen molar-refractivity contribution in [2.75, 3.05) is 5.32 Å². The molecule has 1 heterocycles. The second-order valence-electron chi connectivity index (χ2n) is 5.55. The minimum absolute atomic E-state index is 0.269. The molecule has 0 atom stereocenters. The van der Waals surface area contributed by atoms with E-state index in [1.165, 1.54) is 6.07 Å². The molecular formula is C15H15BrClN3O3. The molecule has 0 aliphatic heterocycles. The van der Waals surface area contributed by atoms with Crippen molar-refractivity contribution < 1.29 is 14.3 Å². The fourth-order valence-corrected chi connectivity index (χ4v) is 2.21. The Kier molecular flexibility index (Phi) is 5.43. The van der Waals surface area contributed by atoms with E-state index in [2.05, 4.69) is 31.2 Å². The Morgan fingerprint density at radius 2 is 1.87 bits per heavy atom. The van der Waals surface area contributed by atoms with E-state index in [1.807, 2.05) is 0 Å². The van der Waals surface area contributed by atoms with Crippen molar-refractivity contribution in [3.63, 3.8) is 0 Å². The first-order chi connectivity index (χ1) is 10.7. The molecule has 0 fully saturated rings. The minimum atomic E-state index is -0.549. The highest BCUT2D eigenvalue weighted by Crippen LogP contribution is 2.24. The van der Waals surface area contributed by atoms with Crippen LogP contribution < -0.4 is 10.1 Å². The molecule has 1 aromatic heterocycles. The summed E-state index contributed by atoms with van der Waals surface area (Å²) in [4.78, 5) is 19.6. The van der Waals surface area contributed by atoms with E-state index in [1.54, 1.807) is 45.0 Å². The van der Waals surface area contributed by atoms with Crippen LogP contribution in [0.2, 0.25) is 5.15 Å². The minimum Gasteiger partial charge on any atom is -0.444 e.